The lowest BCUT2D eigenvalue weighted by molar-refractivity contribution is -0.192. The molecule has 3 heterocycles. The van der Waals surface area contributed by atoms with Gasteiger partial charge >= 0.3 is 12.1 Å². The fourth-order valence-electron chi connectivity index (χ4n) is 2.28. The second-order valence-electron chi connectivity index (χ2n) is 5.95. The Morgan fingerprint density at radius 2 is 2.07 bits per heavy atom. The van der Waals surface area contributed by atoms with E-state index in [2.05, 4.69) is 25.3 Å². The zero-order chi connectivity index (χ0) is 21.7. The van der Waals surface area contributed by atoms with Crippen molar-refractivity contribution in [2.75, 3.05) is 23.1 Å². The number of carboxylic acids is 1. The van der Waals surface area contributed by atoms with Gasteiger partial charge in [0.2, 0.25) is 0 Å². The molecular weight excluding hydrogens is 435 g/mol. The minimum atomic E-state index is -5.08. The predicted molar refractivity (Wildman–Crippen MR) is 100 cm³/mol. The first kappa shape index (κ1) is 22.8. The third-order valence-corrected chi connectivity index (χ3v) is 5.59. The predicted octanol–water partition coefficient (Wildman–Crippen LogP) is 2.05. The highest BCUT2D eigenvalue weighted by atomic mass is 32.2. The quantitative estimate of drug-likeness (QED) is 0.541. The van der Waals surface area contributed by atoms with E-state index in [1.807, 2.05) is 6.92 Å². The molecule has 14 heteroatoms. The van der Waals surface area contributed by atoms with Gasteiger partial charge in [-0.15, -0.1) is 11.3 Å². The van der Waals surface area contributed by atoms with Crippen LogP contribution >= 0.6 is 11.3 Å². The molecule has 0 unspecified atom stereocenters. The fraction of sp³-hybridized carbons (Fsp3) is 0.400. The summed E-state index contributed by atoms with van der Waals surface area (Å²) in [7, 11) is -3.66. The molecule has 0 spiro atoms. The molecule has 2 aromatic rings. The van der Waals surface area contributed by atoms with Crippen LogP contribution in [0.2, 0.25) is 0 Å². The Hall–Kier alpha value is -2.45. The van der Waals surface area contributed by atoms with Crippen molar-refractivity contribution in [2.45, 2.75) is 30.5 Å². The Morgan fingerprint density at radius 1 is 1.38 bits per heavy atom. The molecule has 0 saturated carbocycles. The zero-order valence-electron chi connectivity index (χ0n) is 15.0. The summed E-state index contributed by atoms with van der Waals surface area (Å²) in [5, 5.41) is 15.4. The van der Waals surface area contributed by atoms with E-state index >= 15 is 0 Å². The van der Waals surface area contributed by atoms with Crippen LogP contribution in [0.15, 0.2) is 28.0 Å². The number of hydrogen-bond acceptors (Lipinski definition) is 8. The normalized spacial score (nSPS) is 16.6. The van der Waals surface area contributed by atoms with E-state index in [-0.39, 0.29) is 4.90 Å². The van der Waals surface area contributed by atoms with Gasteiger partial charge in [0.25, 0.3) is 10.0 Å². The number of thiazole rings is 1. The summed E-state index contributed by atoms with van der Waals surface area (Å²) in [5.41, 5.74) is 2.37. The lowest BCUT2D eigenvalue weighted by Gasteiger charge is -2.15. The first-order valence-corrected chi connectivity index (χ1v) is 10.6. The minimum Gasteiger partial charge on any atom is -0.475 e. The van der Waals surface area contributed by atoms with E-state index in [4.69, 9.17) is 9.90 Å². The number of anilines is 2. The maximum absolute atomic E-state index is 12.3. The SMILES string of the molecule is Cc1cc(S(=O)(=O)Nc2cscn2)cnc1N[C@H]1CCNC1.O=C(O)C(F)(F)F. The van der Waals surface area contributed by atoms with E-state index in [1.165, 1.54) is 17.5 Å². The van der Waals surface area contributed by atoms with Gasteiger partial charge in [0.05, 0.1) is 5.51 Å². The van der Waals surface area contributed by atoms with E-state index in [9.17, 15) is 21.6 Å². The van der Waals surface area contributed by atoms with Crippen LogP contribution in [0.5, 0.6) is 0 Å². The van der Waals surface area contributed by atoms with Crippen molar-refractivity contribution >= 4 is 39.0 Å². The Balaban J connectivity index is 0.000000370. The van der Waals surface area contributed by atoms with E-state index < -0.39 is 22.2 Å². The third kappa shape index (κ3) is 6.83. The highest BCUT2D eigenvalue weighted by Crippen LogP contribution is 2.20. The highest BCUT2D eigenvalue weighted by Gasteiger charge is 2.38. The molecule has 1 fully saturated rings. The van der Waals surface area contributed by atoms with Crippen LogP contribution in [0.1, 0.15) is 12.0 Å². The Kier molecular flexibility index (Phi) is 7.37. The van der Waals surface area contributed by atoms with E-state index in [0.29, 0.717) is 11.9 Å². The lowest BCUT2D eigenvalue weighted by atomic mass is 10.2. The molecule has 0 radical (unpaired) electrons. The maximum Gasteiger partial charge on any atom is 0.490 e. The second kappa shape index (κ2) is 9.37. The summed E-state index contributed by atoms with van der Waals surface area (Å²) < 4.78 is 58.8. The molecule has 0 aromatic carbocycles. The molecule has 0 aliphatic carbocycles. The standard InChI is InChI=1S/C13H17N5O2S2.C2HF3O2/c1-9-4-11(22(19,20)18-12-7-21-8-16-12)6-15-13(9)17-10-2-3-14-5-10;3-2(4,5)1(6)7/h4,6-8,10,14,18H,2-3,5H2,1H3,(H,15,17);(H,6,7)/t10-;/m0./s1. The molecule has 1 saturated heterocycles. The maximum atomic E-state index is 12.3. The number of pyridine rings is 1. The molecule has 0 bridgehead atoms. The number of aryl methyl sites for hydroxylation is 1. The number of halogens is 3. The number of nitrogens with one attached hydrogen (secondary N) is 3. The monoisotopic (exact) mass is 453 g/mol. The number of sulfonamides is 1. The Morgan fingerprint density at radius 3 is 2.55 bits per heavy atom. The molecule has 1 atom stereocenters. The summed E-state index contributed by atoms with van der Waals surface area (Å²) in [6.07, 6.45) is -2.68. The molecule has 4 N–H and O–H groups in total. The van der Waals surface area contributed by atoms with Crippen molar-refractivity contribution in [1.29, 1.82) is 0 Å². The van der Waals surface area contributed by atoms with E-state index in [1.54, 1.807) is 17.0 Å². The molecule has 9 nitrogen and oxygen atoms in total. The largest absolute Gasteiger partial charge is 0.490 e. The van der Waals surface area contributed by atoms with Gasteiger partial charge in [-0.05, 0) is 31.5 Å². The molecule has 2 aromatic heterocycles. The van der Waals surface area contributed by atoms with Crippen molar-refractivity contribution in [3.05, 3.63) is 28.7 Å². The summed E-state index contributed by atoms with van der Waals surface area (Å²) in [6, 6.07) is 1.95. The molecule has 3 rings (SSSR count). The highest BCUT2D eigenvalue weighted by molar-refractivity contribution is 7.92. The van der Waals surface area contributed by atoms with Crippen LogP contribution in [0.4, 0.5) is 24.8 Å². The van der Waals surface area contributed by atoms with Crippen molar-refractivity contribution < 1.29 is 31.5 Å². The topological polar surface area (TPSA) is 133 Å². The number of rotatable bonds is 5. The summed E-state index contributed by atoms with van der Waals surface area (Å²) in [6.45, 7) is 3.73. The van der Waals surface area contributed by atoms with Gasteiger partial charge in [-0.2, -0.15) is 13.2 Å². The van der Waals surface area contributed by atoms with Gasteiger partial charge in [-0.3, -0.25) is 4.72 Å². The third-order valence-electron chi connectivity index (χ3n) is 3.68. The van der Waals surface area contributed by atoms with Gasteiger partial charge in [0.15, 0.2) is 5.82 Å². The van der Waals surface area contributed by atoms with Crippen LogP contribution < -0.4 is 15.4 Å². The number of carboxylic acid groups (broad SMARTS) is 1. The fourth-order valence-corrected chi connectivity index (χ4v) is 3.86. The Labute approximate surface area is 168 Å². The molecule has 0 amide bonds. The smallest absolute Gasteiger partial charge is 0.475 e. The number of aromatic nitrogens is 2. The summed E-state index contributed by atoms with van der Waals surface area (Å²) in [5.74, 6) is -1.71. The van der Waals surface area contributed by atoms with Gasteiger partial charge in [-0.1, -0.05) is 0 Å². The zero-order valence-corrected chi connectivity index (χ0v) is 16.7. The number of nitrogens with zero attached hydrogens (tertiary/aromatic N) is 2. The van der Waals surface area contributed by atoms with Crippen LogP contribution in [0.3, 0.4) is 0 Å². The molecule has 1 aliphatic heterocycles. The molecular formula is C15H18F3N5O4S2. The van der Waals surface area contributed by atoms with Crippen molar-refractivity contribution in [3.8, 4) is 0 Å². The second-order valence-corrected chi connectivity index (χ2v) is 8.35. The minimum absolute atomic E-state index is 0.132. The van der Waals surface area contributed by atoms with Gasteiger partial charge in [0.1, 0.15) is 10.7 Å². The van der Waals surface area contributed by atoms with Crippen LogP contribution in [-0.4, -0.2) is 54.8 Å². The Bertz CT molecular complexity index is 930. The van der Waals surface area contributed by atoms with E-state index in [0.717, 1.165) is 30.9 Å². The summed E-state index contributed by atoms with van der Waals surface area (Å²) in [4.78, 5) is 17.2. The van der Waals surface area contributed by atoms with Crippen LogP contribution in [0.25, 0.3) is 0 Å². The molecule has 160 valence electrons. The van der Waals surface area contributed by atoms with Crippen molar-refractivity contribution in [1.82, 2.24) is 15.3 Å². The first-order chi connectivity index (χ1) is 13.5. The number of carbonyl (C=O) groups is 1. The number of alkyl halides is 3. The average molecular weight is 453 g/mol. The van der Waals surface area contributed by atoms with Gasteiger partial charge < -0.3 is 15.7 Å². The van der Waals surface area contributed by atoms with Crippen LogP contribution in [0, 0.1) is 6.92 Å². The summed E-state index contributed by atoms with van der Waals surface area (Å²) >= 11 is 1.33. The van der Waals surface area contributed by atoms with Crippen molar-refractivity contribution in [3.63, 3.8) is 0 Å². The first-order valence-electron chi connectivity index (χ1n) is 8.14. The van der Waals surface area contributed by atoms with Crippen LogP contribution in [-0.2, 0) is 14.8 Å². The average Bonchev–Trinajstić information content (AvgIpc) is 3.30. The van der Waals surface area contributed by atoms with Gasteiger partial charge in [0, 0.05) is 24.2 Å². The molecule has 1 aliphatic rings. The van der Waals surface area contributed by atoms with Gasteiger partial charge in [-0.25, -0.2) is 23.2 Å². The number of hydrogen-bond donors (Lipinski definition) is 4. The lowest BCUT2D eigenvalue weighted by Crippen LogP contribution is -2.23. The molecule has 29 heavy (non-hydrogen) atoms. The van der Waals surface area contributed by atoms with Crippen molar-refractivity contribution in [2.24, 2.45) is 0 Å². The number of aliphatic carboxylic acids is 1.